The van der Waals surface area contributed by atoms with Crippen molar-refractivity contribution in [2.24, 2.45) is 0 Å². The van der Waals surface area contributed by atoms with Crippen LogP contribution in [0.2, 0.25) is 0 Å². The van der Waals surface area contributed by atoms with Crippen molar-refractivity contribution in [3.8, 4) is 0 Å². The van der Waals surface area contributed by atoms with E-state index in [-0.39, 0.29) is 26.4 Å². The second-order valence-electron chi connectivity index (χ2n) is 6.39. The molecule has 1 aromatic heterocycles. The topological polar surface area (TPSA) is 75.8 Å². The van der Waals surface area contributed by atoms with E-state index in [1.165, 1.54) is 0 Å². The highest BCUT2D eigenvalue weighted by Gasteiger charge is 2.53. The second-order valence-corrected chi connectivity index (χ2v) is 6.39. The van der Waals surface area contributed by atoms with Gasteiger partial charge in [-0.3, -0.25) is 0 Å². The lowest BCUT2D eigenvalue weighted by Gasteiger charge is -2.28. The third-order valence-corrected chi connectivity index (χ3v) is 4.48. The Balaban J connectivity index is 2.08. The van der Waals surface area contributed by atoms with Gasteiger partial charge in [-0.1, -0.05) is 10.3 Å². The Morgan fingerprint density at radius 3 is 1.28 bits per heavy atom. The van der Waals surface area contributed by atoms with Crippen molar-refractivity contribution in [2.75, 3.05) is 26.4 Å². The summed E-state index contributed by atoms with van der Waals surface area (Å²) in [5, 5.41) is 6.84. The van der Waals surface area contributed by atoms with Crippen molar-refractivity contribution in [3.63, 3.8) is 0 Å². The SMILES string of the molecule is FC(F)(F)c1c(C(F)(F)F)c(B2OCCCO2)c2nonc2c1B1OCCCO1. The highest BCUT2D eigenvalue weighted by atomic mass is 19.4. The minimum absolute atomic E-state index is 0.00663. The number of aromatic nitrogens is 2. The molecule has 4 rings (SSSR count). The van der Waals surface area contributed by atoms with Crippen molar-refractivity contribution in [1.82, 2.24) is 10.3 Å². The molecule has 3 heterocycles. The highest BCUT2D eigenvalue weighted by molar-refractivity contribution is 6.69. The first-order chi connectivity index (χ1) is 13.7. The van der Waals surface area contributed by atoms with Gasteiger partial charge in [0.15, 0.2) is 0 Å². The molecular weight excluding hydrogens is 412 g/mol. The van der Waals surface area contributed by atoms with E-state index in [2.05, 4.69) is 14.9 Å². The monoisotopic (exact) mass is 424 g/mol. The fourth-order valence-corrected chi connectivity index (χ4v) is 3.40. The molecule has 29 heavy (non-hydrogen) atoms. The quantitative estimate of drug-likeness (QED) is 0.535. The summed E-state index contributed by atoms with van der Waals surface area (Å²) in [5.74, 6) is 0. The van der Waals surface area contributed by atoms with Crippen LogP contribution < -0.4 is 10.9 Å². The Morgan fingerprint density at radius 2 is 0.966 bits per heavy atom. The maximum atomic E-state index is 14.0. The van der Waals surface area contributed by atoms with E-state index in [1.54, 1.807) is 0 Å². The largest absolute Gasteiger partial charge is 0.496 e. The molecular formula is C14H12B2F6N2O5. The number of alkyl halides is 6. The van der Waals surface area contributed by atoms with Crippen molar-refractivity contribution in [2.45, 2.75) is 25.2 Å². The van der Waals surface area contributed by atoms with E-state index in [9.17, 15) is 26.3 Å². The normalized spacial score (nSPS) is 19.2. The molecule has 0 aliphatic carbocycles. The van der Waals surface area contributed by atoms with Crippen molar-refractivity contribution in [3.05, 3.63) is 11.1 Å². The number of halogens is 6. The first kappa shape index (κ1) is 20.4. The summed E-state index contributed by atoms with van der Waals surface area (Å²) < 4.78 is 109. The van der Waals surface area contributed by atoms with Crippen LogP contribution in [0.15, 0.2) is 4.63 Å². The standard InChI is InChI=1S/C14H12B2F6N2O5/c17-13(18,19)7-8(14(20,21)22)10(16-27-5-2-6-28-16)12-11(23-29-24-12)9(7)15-25-3-1-4-26-15/h1-6H2. The predicted molar refractivity (Wildman–Crippen MR) is 85.6 cm³/mol. The Labute approximate surface area is 159 Å². The van der Waals surface area contributed by atoms with E-state index in [4.69, 9.17) is 18.6 Å². The Kier molecular flexibility index (Phi) is 5.25. The summed E-state index contributed by atoms with van der Waals surface area (Å²) in [7, 11) is -3.42. The number of benzene rings is 1. The molecule has 0 unspecified atom stereocenters. The molecule has 15 heteroatoms. The van der Waals surface area contributed by atoms with Crippen molar-refractivity contribution >= 4 is 36.2 Å². The lowest BCUT2D eigenvalue weighted by atomic mass is 9.66. The number of nitrogens with zero attached hydrogens (tertiary/aromatic N) is 2. The summed E-state index contributed by atoms with van der Waals surface area (Å²) in [6.45, 7) is 0.0265. The Morgan fingerprint density at radius 1 is 0.621 bits per heavy atom. The zero-order chi connectivity index (χ0) is 20.8. The average molecular weight is 424 g/mol. The van der Waals surface area contributed by atoms with Gasteiger partial charge in [0, 0.05) is 37.4 Å². The third-order valence-electron chi connectivity index (χ3n) is 4.48. The molecule has 2 saturated heterocycles. The van der Waals surface area contributed by atoms with Gasteiger partial charge in [0.25, 0.3) is 0 Å². The molecule has 0 bridgehead atoms. The molecule has 0 saturated carbocycles. The molecule has 0 radical (unpaired) electrons. The molecule has 2 fully saturated rings. The molecule has 2 aliphatic heterocycles. The number of hydrogen-bond donors (Lipinski definition) is 0. The summed E-state index contributed by atoms with van der Waals surface area (Å²) in [6.07, 6.45) is -10.1. The second kappa shape index (κ2) is 7.45. The van der Waals surface area contributed by atoms with Crippen LogP contribution in [0.25, 0.3) is 11.0 Å². The van der Waals surface area contributed by atoms with Crippen LogP contribution in [0.5, 0.6) is 0 Å². The van der Waals surface area contributed by atoms with E-state index in [0.29, 0.717) is 12.8 Å². The van der Waals surface area contributed by atoms with Crippen LogP contribution in [0.4, 0.5) is 26.3 Å². The molecule has 0 amide bonds. The van der Waals surface area contributed by atoms with Crippen LogP contribution in [-0.4, -0.2) is 51.0 Å². The highest BCUT2D eigenvalue weighted by Crippen LogP contribution is 2.41. The molecule has 1 aromatic carbocycles. The maximum Gasteiger partial charge on any atom is 0.496 e. The zero-order valence-electron chi connectivity index (χ0n) is 14.6. The number of fused-ring (bicyclic) bond motifs is 1. The maximum absolute atomic E-state index is 14.0. The fourth-order valence-electron chi connectivity index (χ4n) is 3.40. The Hall–Kier alpha value is -1.83. The number of rotatable bonds is 2. The van der Waals surface area contributed by atoms with Gasteiger partial charge < -0.3 is 18.6 Å². The molecule has 2 aliphatic rings. The van der Waals surface area contributed by atoms with Gasteiger partial charge in [0.05, 0.1) is 11.1 Å². The van der Waals surface area contributed by atoms with E-state index >= 15 is 0 Å². The van der Waals surface area contributed by atoms with Gasteiger partial charge in [-0.15, -0.1) is 0 Å². The van der Waals surface area contributed by atoms with E-state index < -0.39 is 59.7 Å². The predicted octanol–water partition coefficient (Wildman–Crippen LogP) is 1.52. The third kappa shape index (κ3) is 3.71. The minimum Gasteiger partial charge on any atom is -0.407 e. The molecule has 156 valence electrons. The van der Waals surface area contributed by atoms with Gasteiger partial charge in [0.1, 0.15) is 11.0 Å². The van der Waals surface area contributed by atoms with E-state index in [0.717, 1.165) is 0 Å². The molecule has 0 N–H and O–H groups in total. The average Bonchev–Trinajstić information content (AvgIpc) is 3.15. The molecule has 0 atom stereocenters. The summed E-state index contributed by atoms with van der Waals surface area (Å²) >= 11 is 0. The lowest BCUT2D eigenvalue weighted by Crippen LogP contribution is -2.51. The smallest absolute Gasteiger partial charge is 0.407 e. The van der Waals surface area contributed by atoms with Gasteiger partial charge in [-0.25, -0.2) is 4.63 Å². The van der Waals surface area contributed by atoms with Crippen molar-refractivity contribution < 1.29 is 49.6 Å². The number of hydrogen-bond acceptors (Lipinski definition) is 7. The molecule has 0 spiro atoms. The van der Waals surface area contributed by atoms with Gasteiger partial charge >= 0.3 is 26.6 Å². The fraction of sp³-hybridized carbons (Fsp3) is 0.571. The van der Waals surface area contributed by atoms with Gasteiger partial charge in [-0.2, -0.15) is 26.3 Å². The first-order valence-electron chi connectivity index (χ1n) is 8.62. The summed E-state index contributed by atoms with van der Waals surface area (Å²) in [6, 6.07) is 0. The van der Waals surface area contributed by atoms with E-state index in [1.807, 2.05) is 0 Å². The first-order valence-corrected chi connectivity index (χ1v) is 8.62. The van der Waals surface area contributed by atoms with Crippen LogP contribution in [0, 0.1) is 0 Å². The van der Waals surface area contributed by atoms with Crippen LogP contribution in [0.1, 0.15) is 24.0 Å². The van der Waals surface area contributed by atoms with Gasteiger partial charge in [0.2, 0.25) is 0 Å². The zero-order valence-corrected chi connectivity index (χ0v) is 14.6. The Bertz CT molecular complexity index is 823. The van der Waals surface area contributed by atoms with Crippen molar-refractivity contribution in [1.29, 1.82) is 0 Å². The molecule has 7 nitrogen and oxygen atoms in total. The van der Waals surface area contributed by atoms with Crippen LogP contribution >= 0.6 is 0 Å². The van der Waals surface area contributed by atoms with Gasteiger partial charge in [-0.05, 0) is 12.8 Å². The van der Waals surface area contributed by atoms with Crippen LogP contribution in [0.3, 0.4) is 0 Å². The minimum atomic E-state index is -5.42. The lowest BCUT2D eigenvalue weighted by molar-refractivity contribution is -0.160. The molecule has 2 aromatic rings. The summed E-state index contributed by atoms with van der Waals surface area (Å²) in [5.41, 5.74) is -6.92. The van der Waals surface area contributed by atoms with Crippen LogP contribution in [-0.2, 0) is 31.0 Å². The summed E-state index contributed by atoms with van der Waals surface area (Å²) in [4.78, 5) is 0.